The molecule has 1 fully saturated rings. The molecule has 0 bridgehead atoms. The molecule has 8 nitrogen and oxygen atoms in total. The first-order chi connectivity index (χ1) is 23.7. The second-order valence-electron chi connectivity index (χ2n) is 14.0. The highest BCUT2D eigenvalue weighted by molar-refractivity contribution is 5.86. The van der Waals surface area contributed by atoms with Crippen molar-refractivity contribution in [3.05, 3.63) is 124 Å². The van der Waals surface area contributed by atoms with E-state index in [9.17, 15) is 0 Å². The van der Waals surface area contributed by atoms with E-state index < -0.39 is 0 Å². The highest BCUT2D eigenvalue weighted by Gasteiger charge is 2.22. The molecule has 49 heavy (non-hydrogen) atoms. The van der Waals surface area contributed by atoms with E-state index in [0.717, 1.165) is 88.7 Å². The van der Waals surface area contributed by atoms with Crippen LogP contribution in [-0.2, 0) is 32.4 Å². The Bertz CT molecular complexity index is 1850. The lowest BCUT2D eigenvalue weighted by atomic mass is 10.0. The molecular weight excluding hydrogens is 605 g/mol. The number of aryl methyl sites for hydroxylation is 6. The van der Waals surface area contributed by atoms with Gasteiger partial charge in [-0.3, -0.25) is 14.9 Å². The van der Waals surface area contributed by atoms with Crippen LogP contribution in [0.4, 0.5) is 5.69 Å². The van der Waals surface area contributed by atoms with Crippen molar-refractivity contribution >= 4 is 16.6 Å². The molecule has 5 aromatic rings. The molecular formula is C41H53N8+. The fourth-order valence-electron chi connectivity index (χ4n) is 6.70. The average molecular weight is 658 g/mol. The van der Waals surface area contributed by atoms with Crippen molar-refractivity contribution in [2.75, 3.05) is 58.4 Å². The first-order valence-corrected chi connectivity index (χ1v) is 17.8. The van der Waals surface area contributed by atoms with Crippen molar-refractivity contribution in [3.8, 4) is 0 Å². The van der Waals surface area contributed by atoms with Crippen LogP contribution < -0.4 is 5.01 Å². The van der Waals surface area contributed by atoms with E-state index in [1.165, 1.54) is 44.4 Å². The quantitative estimate of drug-likeness (QED) is 0.134. The summed E-state index contributed by atoms with van der Waals surface area (Å²) in [6.07, 6.45) is 7.10. The van der Waals surface area contributed by atoms with Crippen LogP contribution in [0.25, 0.3) is 10.9 Å². The number of nitrogens with zero attached hydrogens (tertiary/aromatic N) is 8. The Morgan fingerprint density at radius 2 is 1.39 bits per heavy atom. The molecule has 2 aliphatic rings. The van der Waals surface area contributed by atoms with Gasteiger partial charge in [0.25, 0.3) is 0 Å². The number of anilines is 1. The van der Waals surface area contributed by atoms with E-state index in [1.54, 1.807) is 0 Å². The highest BCUT2D eigenvalue weighted by Crippen LogP contribution is 2.31. The van der Waals surface area contributed by atoms with Gasteiger partial charge in [-0.2, -0.15) is 4.70 Å². The normalized spacial score (nSPS) is 15.1. The number of likely N-dealkylation sites (N-methyl/N-ethyl adjacent to an activating group) is 2. The van der Waals surface area contributed by atoms with E-state index >= 15 is 0 Å². The molecule has 0 spiro atoms. The second kappa shape index (κ2) is 15.9. The third-order valence-corrected chi connectivity index (χ3v) is 9.83. The number of aromatic nitrogens is 3. The minimum atomic E-state index is 0.847. The maximum absolute atomic E-state index is 4.92. The molecule has 0 unspecified atom stereocenters. The van der Waals surface area contributed by atoms with Crippen LogP contribution >= 0.6 is 0 Å². The van der Waals surface area contributed by atoms with Crippen LogP contribution in [0.1, 0.15) is 44.9 Å². The lowest BCUT2D eigenvalue weighted by Crippen LogP contribution is -2.40. The third-order valence-electron chi connectivity index (χ3n) is 9.83. The Kier molecular flexibility index (Phi) is 11.2. The zero-order valence-electron chi connectivity index (χ0n) is 30.4. The Hall–Kier alpha value is -4.40. The second-order valence-corrected chi connectivity index (χ2v) is 14.0. The van der Waals surface area contributed by atoms with E-state index in [-0.39, 0.29) is 0 Å². The third kappa shape index (κ3) is 8.99. The van der Waals surface area contributed by atoms with Crippen LogP contribution in [0.3, 0.4) is 0 Å². The van der Waals surface area contributed by atoms with Gasteiger partial charge in [0, 0.05) is 85.9 Å². The molecule has 0 saturated carbocycles. The number of hydrogen-bond acceptors (Lipinski definition) is 5. The zero-order chi connectivity index (χ0) is 34.3. The summed E-state index contributed by atoms with van der Waals surface area (Å²) in [5, 5.41) is 8.49. The lowest BCUT2D eigenvalue weighted by Gasteiger charge is -2.24. The minimum absolute atomic E-state index is 0.847. The van der Waals surface area contributed by atoms with Gasteiger partial charge in [-0.05, 0) is 101 Å². The van der Waals surface area contributed by atoms with E-state index in [2.05, 4.69) is 129 Å². The Balaban J connectivity index is 0.000000170. The molecule has 0 amide bonds. The molecule has 1 saturated heterocycles. The van der Waals surface area contributed by atoms with Crippen LogP contribution in [0.5, 0.6) is 0 Å². The molecule has 8 heteroatoms. The largest absolute Gasteiger partial charge is 0.344 e. The Morgan fingerprint density at radius 1 is 0.735 bits per heavy atom. The van der Waals surface area contributed by atoms with E-state index in [0.29, 0.717) is 0 Å². The Labute approximate surface area is 292 Å². The van der Waals surface area contributed by atoms with Gasteiger partial charge in [-0.1, -0.05) is 41.5 Å². The van der Waals surface area contributed by atoms with Gasteiger partial charge in [0.2, 0.25) is 0 Å². The highest BCUT2D eigenvalue weighted by atomic mass is 15.6. The van der Waals surface area contributed by atoms with Gasteiger partial charge >= 0.3 is 0 Å². The first kappa shape index (κ1) is 34.5. The summed E-state index contributed by atoms with van der Waals surface area (Å²) in [5.41, 5.74) is 12.9. The summed E-state index contributed by atoms with van der Waals surface area (Å²) >= 11 is 0. The van der Waals surface area contributed by atoms with E-state index in [1.807, 2.05) is 26.2 Å². The average Bonchev–Trinajstić information content (AvgIpc) is 3.40. The lowest BCUT2D eigenvalue weighted by molar-refractivity contribution is -0.604. The van der Waals surface area contributed by atoms with Crippen molar-refractivity contribution in [3.63, 3.8) is 0 Å². The van der Waals surface area contributed by atoms with E-state index in [4.69, 9.17) is 5.22 Å². The fourth-order valence-corrected chi connectivity index (χ4v) is 6.70. The standard InChI is InChI=1S/C21H25N3.C20H28N5/c1-15-4-7-20-18(12-15)19-14-23(3)10-9-21(19)24(20)11-8-17-6-5-16(2)22-13-17;1-17-4-8-20(9-5-17)25(22-24-14-12-23(3)13-15-24)11-10-19-7-6-18(2)21-16-19/h4-7,12-13H,8-11,14H2,1-3H3;4-9,16H,10-15H2,1-3H3/q;+1. The van der Waals surface area contributed by atoms with Crippen LogP contribution in [0.2, 0.25) is 0 Å². The number of rotatable bonds is 8. The fraction of sp³-hybridized carbons (Fsp3) is 0.415. The Morgan fingerprint density at radius 3 is 2.04 bits per heavy atom. The molecule has 3 aromatic heterocycles. The van der Waals surface area contributed by atoms with Gasteiger partial charge in [0.1, 0.15) is 25.3 Å². The van der Waals surface area contributed by atoms with Gasteiger partial charge < -0.3 is 9.47 Å². The maximum atomic E-state index is 4.92. The van der Waals surface area contributed by atoms with Crippen molar-refractivity contribution < 1.29 is 4.70 Å². The number of pyridine rings is 2. The molecule has 0 atom stereocenters. The van der Waals surface area contributed by atoms with Crippen LogP contribution in [0, 0.1) is 27.7 Å². The molecule has 0 N–H and O–H groups in total. The predicted octanol–water partition coefficient (Wildman–Crippen LogP) is 6.96. The molecule has 0 aliphatic carbocycles. The number of hydrogen-bond donors (Lipinski definition) is 0. The molecule has 256 valence electrons. The number of piperazine rings is 1. The summed E-state index contributed by atoms with van der Waals surface area (Å²) in [5.74, 6) is 0. The summed E-state index contributed by atoms with van der Waals surface area (Å²) in [6, 6.07) is 24.0. The SMILES string of the molecule is Cc1ccc(N(CCc2ccc(C)nc2)N=[N+]2CCN(C)CC2)cc1.Cc1ccc2c(c1)c1c(n2CCc2ccc(C)nc2)CCN(C)C1. The molecule has 5 heterocycles. The summed E-state index contributed by atoms with van der Waals surface area (Å²) < 4.78 is 4.74. The van der Waals surface area contributed by atoms with Crippen molar-refractivity contribution in [2.24, 2.45) is 5.22 Å². The molecule has 7 rings (SSSR count). The topological polar surface area (TPSA) is 55.8 Å². The van der Waals surface area contributed by atoms with Gasteiger partial charge in [-0.25, -0.2) is 0 Å². The number of fused-ring (bicyclic) bond motifs is 3. The van der Waals surface area contributed by atoms with Crippen molar-refractivity contribution in [1.29, 1.82) is 0 Å². The van der Waals surface area contributed by atoms with Gasteiger partial charge in [-0.15, -0.1) is 5.01 Å². The summed E-state index contributed by atoms with van der Waals surface area (Å²) in [7, 11) is 4.39. The first-order valence-electron chi connectivity index (χ1n) is 17.8. The summed E-state index contributed by atoms with van der Waals surface area (Å²) in [6.45, 7) is 16.5. The van der Waals surface area contributed by atoms with Gasteiger partial charge in [0.15, 0.2) is 0 Å². The monoisotopic (exact) mass is 657 g/mol. The van der Waals surface area contributed by atoms with Gasteiger partial charge in [0.05, 0.1) is 5.22 Å². The molecule has 0 radical (unpaired) electrons. The number of benzene rings is 2. The minimum Gasteiger partial charge on any atom is -0.344 e. The van der Waals surface area contributed by atoms with Crippen LogP contribution in [0.15, 0.2) is 84.3 Å². The smallest absolute Gasteiger partial charge is 0.149 e. The zero-order valence-corrected chi connectivity index (χ0v) is 30.4. The summed E-state index contributed by atoms with van der Waals surface area (Å²) in [4.78, 5) is 13.6. The maximum Gasteiger partial charge on any atom is 0.149 e. The van der Waals surface area contributed by atoms with Crippen molar-refractivity contribution in [2.45, 2.75) is 60.0 Å². The molecule has 2 aromatic carbocycles. The van der Waals surface area contributed by atoms with Crippen molar-refractivity contribution in [1.82, 2.24) is 24.3 Å². The molecule has 2 aliphatic heterocycles. The van der Waals surface area contributed by atoms with Crippen LogP contribution in [-0.4, -0.2) is 82.4 Å². The predicted molar refractivity (Wildman–Crippen MR) is 201 cm³/mol.